The standard InChI is InChI=1S/C8H12N2O4/c1-13-5-4-6-9-7(14-10-6)2-3-8(11)12/h2-5H2,1H3,(H,11,12). The summed E-state index contributed by atoms with van der Waals surface area (Å²) in [4.78, 5) is 14.2. The maximum atomic E-state index is 10.2. The molecular weight excluding hydrogens is 188 g/mol. The molecule has 0 aromatic carbocycles. The predicted octanol–water partition coefficient (Wildman–Crippen LogP) is 0.276. The highest BCUT2D eigenvalue weighted by atomic mass is 16.5. The zero-order valence-corrected chi connectivity index (χ0v) is 7.89. The van der Waals surface area contributed by atoms with E-state index in [-0.39, 0.29) is 12.8 Å². The van der Waals surface area contributed by atoms with Crippen LogP contribution in [-0.2, 0) is 22.4 Å². The van der Waals surface area contributed by atoms with Crippen molar-refractivity contribution in [2.24, 2.45) is 0 Å². The number of carboxylic acid groups (broad SMARTS) is 1. The van der Waals surface area contributed by atoms with Crippen LogP contribution >= 0.6 is 0 Å². The molecule has 14 heavy (non-hydrogen) atoms. The Morgan fingerprint density at radius 3 is 3.00 bits per heavy atom. The lowest BCUT2D eigenvalue weighted by molar-refractivity contribution is -0.137. The van der Waals surface area contributed by atoms with E-state index in [1.165, 1.54) is 0 Å². The van der Waals surface area contributed by atoms with Crippen molar-refractivity contribution >= 4 is 5.97 Å². The molecule has 1 aromatic rings. The molecule has 0 saturated carbocycles. The molecule has 0 fully saturated rings. The molecule has 0 atom stereocenters. The molecule has 0 aliphatic rings. The van der Waals surface area contributed by atoms with Crippen LogP contribution in [0.1, 0.15) is 18.1 Å². The summed E-state index contributed by atoms with van der Waals surface area (Å²) in [6, 6.07) is 0. The van der Waals surface area contributed by atoms with Crippen LogP contribution in [0, 0.1) is 0 Å². The first kappa shape index (κ1) is 10.6. The first-order valence-electron chi connectivity index (χ1n) is 4.24. The minimum absolute atomic E-state index is 0.00586. The molecule has 0 radical (unpaired) electrons. The van der Waals surface area contributed by atoms with E-state index in [1.807, 2.05) is 0 Å². The van der Waals surface area contributed by atoms with Gasteiger partial charge in [-0.3, -0.25) is 4.79 Å². The Morgan fingerprint density at radius 2 is 2.36 bits per heavy atom. The lowest BCUT2D eigenvalue weighted by atomic mass is 10.3. The molecule has 1 aromatic heterocycles. The average molecular weight is 200 g/mol. The van der Waals surface area contributed by atoms with Gasteiger partial charge in [0.05, 0.1) is 13.0 Å². The Balaban J connectivity index is 2.38. The summed E-state index contributed by atoms with van der Waals surface area (Å²) in [7, 11) is 1.59. The number of hydrogen-bond acceptors (Lipinski definition) is 5. The van der Waals surface area contributed by atoms with Gasteiger partial charge in [0.2, 0.25) is 5.89 Å². The molecular formula is C8H12N2O4. The van der Waals surface area contributed by atoms with Crippen molar-refractivity contribution in [3.8, 4) is 0 Å². The van der Waals surface area contributed by atoms with Crippen LogP contribution in [0.25, 0.3) is 0 Å². The van der Waals surface area contributed by atoms with Gasteiger partial charge in [0, 0.05) is 20.0 Å². The van der Waals surface area contributed by atoms with Crippen molar-refractivity contribution in [1.29, 1.82) is 0 Å². The van der Waals surface area contributed by atoms with E-state index in [1.54, 1.807) is 7.11 Å². The SMILES string of the molecule is COCCc1noc(CCC(=O)O)n1. The highest BCUT2D eigenvalue weighted by Gasteiger charge is 2.07. The Morgan fingerprint density at radius 1 is 1.57 bits per heavy atom. The van der Waals surface area contributed by atoms with Crippen molar-refractivity contribution < 1.29 is 19.2 Å². The van der Waals surface area contributed by atoms with Crippen LogP contribution in [-0.4, -0.2) is 34.9 Å². The minimum atomic E-state index is -0.873. The highest BCUT2D eigenvalue weighted by Crippen LogP contribution is 2.01. The lowest BCUT2D eigenvalue weighted by Crippen LogP contribution is -1.99. The van der Waals surface area contributed by atoms with E-state index in [0.717, 1.165) is 0 Å². The van der Waals surface area contributed by atoms with Crippen LogP contribution in [0.2, 0.25) is 0 Å². The predicted molar refractivity (Wildman–Crippen MR) is 45.8 cm³/mol. The second-order valence-corrected chi connectivity index (χ2v) is 2.74. The highest BCUT2D eigenvalue weighted by molar-refractivity contribution is 5.66. The first-order chi connectivity index (χ1) is 6.72. The van der Waals surface area contributed by atoms with Crippen molar-refractivity contribution in [2.75, 3.05) is 13.7 Å². The third-order valence-electron chi connectivity index (χ3n) is 1.59. The summed E-state index contributed by atoms with van der Waals surface area (Å²) in [6.45, 7) is 0.526. The van der Waals surface area contributed by atoms with Crippen LogP contribution in [0.5, 0.6) is 0 Å². The maximum absolute atomic E-state index is 10.2. The molecule has 1 heterocycles. The van der Waals surface area contributed by atoms with Crippen molar-refractivity contribution in [3.05, 3.63) is 11.7 Å². The number of rotatable bonds is 6. The summed E-state index contributed by atoms with van der Waals surface area (Å²) in [5.74, 6) is 0.0346. The van der Waals surface area contributed by atoms with Gasteiger partial charge in [0.1, 0.15) is 0 Å². The fourth-order valence-corrected chi connectivity index (χ4v) is 0.900. The average Bonchev–Trinajstić information content (AvgIpc) is 2.59. The summed E-state index contributed by atoms with van der Waals surface area (Å²) in [5, 5.41) is 12.1. The molecule has 0 aliphatic carbocycles. The molecule has 1 N–H and O–H groups in total. The van der Waals surface area contributed by atoms with Crippen LogP contribution in [0.15, 0.2) is 4.52 Å². The van der Waals surface area contributed by atoms with Crippen LogP contribution in [0.4, 0.5) is 0 Å². The fraction of sp³-hybridized carbons (Fsp3) is 0.625. The first-order valence-corrected chi connectivity index (χ1v) is 4.24. The number of nitrogens with zero attached hydrogens (tertiary/aromatic N) is 2. The van der Waals surface area contributed by atoms with E-state index in [2.05, 4.69) is 10.1 Å². The normalized spacial score (nSPS) is 10.4. The molecule has 0 amide bonds. The van der Waals surface area contributed by atoms with Gasteiger partial charge in [-0.15, -0.1) is 0 Å². The number of aromatic nitrogens is 2. The molecule has 0 aliphatic heterocycles. The molecule has 6 nitrogen and oxygen atoms in total. The third-order valence-corrected chi connectivity index (χ3v) is 1.59. The summed E-state index contributed by atoms with van der Waals surface area (Å²) in [5.41, 5.74) is 0. The van der Waals surface area contributed by atoms with Crippen molar-refractivity contribution in [1.82, 2.24) is 10.1 Å². The van der Waals surface area contributed by atoms with E-state index in [4.69, 9.17) is 14.4 Å². The number of ether oxygens (including phenoxy) is 1. The van der Waals surface area contributed by atoms with Gasteiger partial charge in [0.15, 0.2) is 5.82 Å². The Hall–Kier alpha value is -1.43. The van der Waals surface area contributed by atoms with E-state index >= 15 is 0 Å². The Bertz CT molecular complexity index is 297. The molecule has 0 unspecified atom stereocenters. The van der Waals surface area contributed by atoms with Crippen LogP contribution < -0.4 is 0 Å². The van der Waals surface area contributed by atoms with E-state index < -0.39 is 5.97 Å². The van der Waals surface area contributed by atoms with Crippen LogP contribution in [0.3, 0.4) is 0 Å². The number of aryl methyl sites for hydroxylation is 1. The van der Waals surface area contributed by atoms with E-state index in [9.17, 15) is 4.79 Å². The van der Waals surface area contributed by atoms with Gasteiger partial charge in [-0.1, -0.05) is 5.16 Å². The second kappa shape index (κ2) is 5.33. The minimum Gasteiger partial charge on any atom is -0.481 e. The van der Waals surface area contributed by atoms with E-state index in [0.29, 0.717) is 24.7 Å². The molecule has 0 saturated heterocycles. The molecule has 0 spiro atoms. The second-order valence-electron chi connectivity index (χ2n) is 2.74. The summed E-state index contributed by atoms with van der Waals surface area (Å²) in [6.07, 6.45) is 0.855. The van der Waals surface area contributed by atoms with Gasteiger partial charge >= 0.3 is 5.97 Å². The summed E-state index contributed by atoms with van der Waals surface area (Å²) >= 11 is 0. The largest absolute Gasteiger partial charge is 0.481 e. The fourth-order valence-electron chi connectivity index (χ4n) is 0.900. The molecule has 1 rings (SSSR count). The Kier molecular flexibility index (Phi) is 4.06. The lowest BCUT2D eigenvalue weighted by Gasteiger charge is -1.90. The van der Waals surface area contributed by atoms with Gasteiger partial charge in [0.25, 0.3) is 0 Å². The quantitative estimate of drug-likeness (QED) is 0.709. The molecule has 78 valence electrons. The number of hydrogen-bond donors (Lipinski definition) is 1. The summed E-state index contributed by atoms with van der Waals surface area (Å²) < 4.78 is 9.67. The van der Waals surface area contributed by atoms with Gasteiger partial charge in [-0.25, -0.2) is 0 Å². The number of carboxylic acids is 1. The molecule has 0 bridgehead atoms. The van der Waals surface area contributed by atoms with Gasteiger partial charge < -0.3 is 14.4 Å². The van der Waals surface area contributed by atoms with Gasteiger partial charge in [-0.05, 0) is 0 Å². The topological polar surface area (TPSA) is 85.5 Å². The third kappa shape index (κ3) is 3.53. The maximum Gasteiger partial charge on any atom is 0.303 e. The zero-order chi connectivity index (χ0) is 10.4. The number of carbonyl (C=O) groups is 1. The molecule has 6 heteroatoms. The number of aliphatic carboxylic acids is 1. The number of methoxy groups -OCH3 is 1. The monoisotopic (exact) mass is 200 g/mol. The zero-order valence-electron chi connectivity index (χ0n) is 7.89. The van der Waals surface area contributed by atoms with Crippen molar-refractivity contribution in [3.63, 3.8) is 0 Å². The van der Waals surface area contributed by atoms with Crippen molar-refractivity contribution in [2.45, 2.75) is 19.3 Å². The Labute approximate surface area is 80.9 Å². The smallest absolute Gasteiger partial charge is 0.303 e. The van der Waals surface area contributed by atoms with Gasteiger partial charge in [-0.2, -0.15) is 4.98 Å².